The lowest BCUT2D eigenvalue weighted by atomic mass is 10.00. The lowest BCUT2D eigenvalue weighted by molar-refractivity contribution is -0.138. The van der Waals surface area contributed by atoms with E-state index >= 15 is 0 Å². The minimum atomic E-state index is -4.54. The van der Waals surface area contributed by atoms with Crippen LogP contribution in [0, 0.1) is 6.92 Å². The number of anilines is 1. The van der Waals surface area contributed by atoms with E-state index in [4.69, 9.17) is 4.99 Å². The normalized spacial score (nSPS) is 13.0. The van der Waals surface area contributed by atoms with Crippen molar-refractivity contribution >= 4 is 28.8 Å². The fourth-order valence-electron chi connectivity index (χ4n) is 3.16. The highest BCUT2D eigenvalue weighted by molar-refractivity contribution is 7.15. The highest BCUT2D eigenvalue weighted by atomic mass is 32.1. The highest BCUT2D eigenvalue weighted by Gasteiger charge is 2.33. The molecule has 3 rings (SSSR count). The average molecular weight is 497 g/mol. The van der Waals surface area contributed by atoms with E-state index in [1.54, 1.807) is 19.1 Å². The van der Waals surface area contributed by atoms with Gasteiger partial charge in [-0.25, -0.2) is 9.97 Å². The van der Waals surface area contributed by atoms with Crippen molar-refractivity contribution in [3.8, 4) is 0 Å². The average Bonchev–Trinajstić information content (AvgIpc) is 3.32. The summed E-state index contributed by atoms with van der Waals surface area (Å²) in [5.41, 5.74) is 1.39. The molecular weight excluding hydrogens is 473 g/mol. The Bertz CT molecular complexity index is 1290. The molecule has 0 saturated carbocycles. The Morgan fingerprint density at radius 3 is 2.57 bits per heavy atom. The number of nitrogens with zero attached hydrogens (tertiary/aromatic N) is 3. The Labute approximate surface area is 205 Å². The van der Waals surface area contributed by atoms with Crippen LogP contribution in [0.15, 0.2) is 90.7 Å². The summed E-state index contributed by atoms with van der Waals surface area (Å²) in [6.07, 6.45) is 3.14. The number of amides is 1. The molecule has 0 aliphatic rings. The van der Waals surface area contributed by atoms with Gasteiger partial charge in [0.1, 0.15) is 15.7 Å². The van der Waals surface area contributed by atoms with E-state index in [0.717, 1.165) is 34.7 Å². The number of nitrogens with one attached hydrogen (secondary N) is 1. The molecule has 180 valence electrons. The van der Waals surface area contributed by atoms with E-state index in [2.05, 4.69) is 28.4 Å². The predicted octanol–water partition coefficient (Wildman–Crippen LogP) is 6.97. The molecule has 0 spiro atoms. The van der Waals surface area contributed by atoms with E-state index < -0.39 is 17.6 Å². The minimum absolute atomic E-state index is 0.0279. The van der Waals surface area contributed by atoms with Crippen LogP contribution in [0.5, 0.6) is 0 Å². The molecule has 0 aliphatic carbocycles. The molecule has 0 radical (unpaired) electrons. The van der Waals surface area contributed by atoms with Gasteiger partial charge >= 0.3 is 6.18 Å². The van der Waals surface area contributed by atoms with Crippen LogP contribution in [0.25, 0.3) is 0 Å². The first-order chi connectivity index (χ1) is 16.6. The molecule has 2 aromatic heterocycles. The van der Waals surface area contributed by atoms with E-state index in [1.807, 2.05) is 36.4 Å². The van der Waals surface area contributed by atoms with E-state index in [9.17, 15) is 18.0 Å². The summed E-state index contributed by atoms with van der Waals surface area (Å²) in [7, 11) is 0. The summed E-state index contributed by atoms with van der Waals surface area (Å²) < 4.78 is 39.5. The molecule has 5 nitrogen and oxygen atoms in total. The smallest absolute Gasteiger partial charge is 0.306 e. The molecule has 1 N–H and O–H groups in total. The third kappa shape index (κ3) is 6.60. The van der Waals surface area contributed by atoms with E-state index in [1.165, 1.54) is 13.1 Å². The molecule has 1 atom stereocenters. The molecule has 0 aliphatic heterocycles. The Hall–Kier alpha value is -3.85. The second-order valence-corrected chi connectivity index (χ2v) is 8.59. The van der Waals surface area contributed by atoms with Gasteiger partial charge in [0, 0.05) is 6.20 Å². The van der Waals surface area contributed by atoms with Crippen LogP contribution in [-0.4, -0.2) is 21.6 Å². The Morgan fingerprint density at radius 2 is 1.91 bits per heavy atom. The highest BCUT2D eigenvalue weighted by Crippen LogP contribution is 2.33. The fourth-order valence-corrected chi connectivity index (χ4v) is 3.92. The summed E-state index contributed by atoms with van der Waals surface area (Å²) in [4.78, 5) is 25.8. The first kappa shape index (κ1) is 25.8. The Kier molecular flexibility index (Phi) is 8.14. The van der Waals surface area contributed by atoms with Gasteiger partial charge in [-0.15, -0.1) is 11.3 Å². The fraction of sp³-hybridized carbons (Fsp3) is 0.154. The van der Waals surface area contributed by atoms with Crippen molar-refractivity contribution in [1.82, 2.24) is 9.97 Å². The predicted molar refractivity (Wildman–Crippen MR) is 134 cm³/mol. The number of hydrogen-bond acceptors (Lipinski definition) is 5. The van der Waals surface area contributed by atoms with Crippen LogP contribution < -0.4 is 5.32 Å². The molecule has 1 amide bonds. The lowest BCUT2D eigenvalue weighted by Crippen LogP contribution is -2.14. The number of aryl methyl sites for hydroxylation is 1. The number of thiazole rings is 1. The Balaban J connectivity index is 1.83. The van der Waals surface area contributed by atoms with Crippen molar-refractivity contribution in [2.24, 2.45) is 4.99 Å². The van der Waals surface area contributed by atoms with Crippen molar-refractivity contribution in [3.63, 3.8) is 0 Å². The number of hydrogen-bond donors (Lipinski definition) is 1. The number of carbonyl (C=O) groups excluding carboxylic acids is 1. The lowest BCUT2D eigenvalue weighted by Gasteiger charge is -2.14. The number of rotatable bonds is 8. The van der Waals surface area contributed by atoms with Gasteiger partial charge in [0.15, 0.2) is 0 Å². The van der Waals surface area contributed by atoms with Crippen LogP contribution in [0.2, 0.25) is 0 Å². The van der Waals surface area contributed by atoms with Crippen molar-refractivity contribution in [2.75, 3.05) is 5.32 Å². The number of halogens is 3. The van der Waals surface area contributed by atoms with Crippen LogP contribution in [-0.2, 0) is 6.18 Å². The molecule has 1 unspecified atom stereocenters. The summed E-state index contributed by atoms with van der Waals surface area (Å²) in [5.74, 6) is -0.799. The number of alkyl halides is 3. The third-order valence-electron chi connectivity index (χ3n) is 4.92. The van der Waals surface area contributed by atoms with Gasteiger partial charge in [-0.05, 0) is 36.6 Å². The quantitative estimate of drug-likeness (QED) is 0.271. The molecule has 9 heteroatoms. The van der Waals surface area contributed by atoms with E-state index in [0.29, 0.717) is 10.7 Å². The zero-order chi connectivity index (χ0) is 25.6. The minimum Gasteiger partial charge on any atom is -0.306 e. The zero-order valence-electron chi connectivity index (χ0n) is 19.1. The van der Waals surface area contributed by atoms with Gasteiger partial charge in [0.05, 0.1) is 23.5 Å². The number of allylic oxidation sites excluding steroid dienone is 2. The van der Waals surface area contributed by atoms with Gasteiger partial charge in [-0.2, -0.15) is 13.2 Å². The maximum absolute atomic E-state index is 13.2. The standard InChI is InChI=1S/C26H23F3N4OS/c1-5-6-10-16(2)23(19-11-8-7-9-12-19)32-18(4)25-31-15-21(35-25)24(34)33-22-13-20(26(27,28)29)17(3)14-30-22/h5-15,23H,1-2H2,3-4H3,(H,30,33,34)/b10-6-,32-18?. The van der Waals surface area contributed by atoms with Crippen LogP contribution in [0.1, 0.15) is 44.3 Å². The molecule has 0 bridgehead atoms. The summed E-state index contributed by atoms with van der Waals surface area (Å²) in [6.45, 7) is 10.9. The molecular formula is C26H23F3N4OS. The summed E-state index contributed by atoms with van der Waals surface area (Å²) >= 11 is 1.08. The number of pyridine rings is 1. The van der Waals surface area contributed by atoms with Gasteiger partial charge in [0.2, 0.25) is 0 Å². The van der Waals surface area contributed by atoms with E-state index in [-0.39, 0.29) is 22.3 Å². The number of carbonyl (C=O) groups is 1. The summed E-state index contributed by atoms with van der Waals surface area (Å²) in [6, 6.07) is 10.1. The number of aromatic nitrogens is 2. The third-order valence-corrected chi connectivity index (χ3v) is 6.03. The first-order valence-electron chi connectivity index (χ1n) is 10.5. The molecule has 3 aromatic rings. The monoisotopic (exact) mass is 496 g/mol. The van der Waals surface area contributed by atoms with Crippen molar-refractivity contribution < 1.29 is 18.0 Å². The van der Waals surface area contributed by atoms with Gasteiger partial charge in [-0.3, -0.25) is 9.79 Å². The number of benzene rings is 1. The molecule has 0 fully saturated rings. The van der Waals surface area contributed by atoms with Gasteiger partial charge in [0.25, 0.3) is 5.91 Å². The maximum Gasteiger partial charge on any atom is 0.416 e. The molecule has 2 heterocycles. The largest absolute Gasteiger partial charge is 0.416 e. The van der Waals surface area contributed by atoms with Crippen molar-refractivity contribution in [3.05, 3.63) is 112 Å². The SMILES string of the molecule is C=C/C=C\C(=C)C(N=C(C)c1ncc(C(=O)Nc2cc(C(F)(F)F)c(C)cn2)s1)c1ccccc1. The summed E-state index contributed by atoms with van der Waals surface area (Å²) in [5, 5.41) is 2.91. The topological polar surface area (TPSA) is 67.2 Å². The van der Waals surface area contributed by atoms with Crippen LogP contribution >= 0.6 is 11.3 Å². The van der Waals surface area contributed by atoms with Crippen molar-refractivity contribution in [2.45, 2.75) is 26.1 Å². The van der Waals surface area contributed by atoms with Crippen LogP contribution in [0.4, 0.5) is 19.0 Å². The number of aliphatic imine (C=N–C) groups is 1. The molecule has 0 saturated heterocycles. The zero-order valence-corrected chi connectivity index (χ0v) is 20.0. The van der Waals surface area contributed by atoms with Gasteiger partial charge < -0.3 is 5.32 Å². The molecule has 35 heavy (non-hydrogen) atoms. The van der Waals surface area contributed by atoms with Crippen molar-refractivity contribution in [1.29, 1.82) is 0 Å². The van der Waals surface area contributed by atoms with Crippen LogP contribution in [0.3, 0.4) is 0 Å². The maximum atomic E-state index is 13.2. The van der Waals surface area contributed by atoms with Gasteiger partial charge in [-0.1, -0.05) is 61.7 Å². The second-order valence-electron chi connectivity index (χ2n) is 7.56. The Morgan fingerprint density at radius 1 is 1.20 bits per heavy atom. The second kappa shape index (κ2) is 11.1. The molecule has 1 aromatic carbocycles. The first-order valence-corrected chi connectivity index (χ1v) is 11.3.